The maximum atomic E-state index is 13.2. The fourth-order valence-corrected chi connectivity index (χ4v) is 4.72. The highest BCUT2D eigenvalue weighted by molar-refractivity contribution is 7.10. The molecule has 3 heterocycles. The number of thiophene rings is 1. The van der Waals surface area contributed by atoms with E-state index in [4.69, 9.17) is 0 Å². The number of likely N-dealkylation sites (tertiary alicyclic amines) is 1. The van der Waals surface area contributed by atoms with Crippen molar-refractivity contribution in [3.8, 4) is 0 Å². The van der Waals surface area contributed by atoms with Crippen LogP contribution in [0.15, 0.2) is 30.2 Å². The van der Waals surface area contributed by atoms with Crippen LogP contribution in [0.4, 0.5) is 0 Å². The molecule has 1 atom stereocenters. The lowest BCUT2D eigenvalue weighted by Gasteiger charge is -2.42. The summed E-state index contributed by atoms with van der Waals surface area (Å²) in [5.41, 5.74) is 0.816. The monoisotopic (exact) mass is 358 g/mol. The number of nitrogens with one attached hydrogen (secondary N) is 1. The van der Waals surface area contributed by atoms with Crippen molar-refractivity contribution in [3.63, 3.8) is 0 Å². The Labute approximate surface area is 153 Å². The van der Waals surface area contributed by atoms with Crippen molar-refractivity contribution in [1.29, 1.82) is 0 Å². The molecule has 1 aliphatic carbocycles. The van der Waals surface area contributed by atoms with Crippen LogP contribution in [0.25, 0.3) is 0 Å². The van der Waals surface area contributed by atoms with E-state index in [1.807, 2.05) is 22.1 Å². The molecule has 1 N–H and O–H groups in total. The molecule has 134 valence electrons. The zero-order valence-corrected chi connectivity index (χ0v) is 15.6. The van der Waals surface area contributed by atoms with Gasteiger partial charge in [0, 0.05) is 36.9 Å². The Hall–Kier alpha value is -1.66. The Balaban J connectivity index is 1.54. The van der Waals surface area contributed by atoms with E-state index in [2.05, 4.69) is 33.6 Å². The number of carbonyl (C=O) groups excluding carboxylic acids is 1. The number of amides is 1. The zero-order valence-electron chi connectivity index (χ0n) is 14.8. The van der Waals surface area contributed by atoms with Crippen LogP contribution in [-0.2, 0) is 16.9 Å². The van der Waals surface area contributed by atoms with Crippen LogP contribution >= 0.6 is 11.3 Å². The Kier molecular flexibility index (Phi) is 4.65. The Morgan fingerprint density at radius 3 is 3.04 bits per heavy atom. The summed E-state index contributed by atoms with van der Waals surface area (Å²) in [4.78, 5) is 21.2. The van der Waals surface area contributed by atoms with Crippen LogP contribution in [0, 0.1) is 12.8 Å². The first-order valence-corrected chi connectivity index (χ1v) is 10.1. The summed E-state index contributed by atoms with van der Waals surface area (Å²) in [5.74, 6) is 0.849. The highest BCUT2D eigenvalue weighted by Crippen LogP contribution is 2.32. The summed E-state index contributed by atoms with van der Waals surface area (Å²) < 4.78 is 2.03. The van der Waals surface area contributed by atoms with Gasteiger partial charge in [0.25, 0.3) is 0 Å². The Morgan fingerprint density at radius 1 is 1.48 bits per heavy atom. The van der Waals surface area contributed by atoms with Gasteiger partial charge in [-0.25, -0.2) is 4.98 Å². The summed E-state index contributed by atoms with van der Waals surface area (Å²) in [6.45, 7) is 5.71. The summed E-state index contributed by atoms with van der Waals surface area (Å²) in [6, 6.07) is 2.18. The van der Waals surface area contributed by atoms with Crippen molar-refractivity contribution in [3.05, 3.63) is 40.6 Å². The number of rotatable bonds is 6. The molecule has 25 heavy (non-hydrogen) atoms. The van der Waals surface area contributed by atoms with E-state index in [0.29, 0.717) is 5.92 Å². The Bertz CT molecular complexity index is 722. The highest BCUT2D eigenvalue weighted by Gasteiger charge is 2.44. The van der Waals surface area contributed by atoms with Gasteiger partial charge in [-0.1, -0.05) is 0 Å². The molecule has 2 aliphatic rings. The molecule has 1 saturated carbocycles. The number of carbonyl (C=O) groups is 1. The Morgan fingerprint density at radius 2 is 2.36 bits per heavy atom. The van der Waals surface area contributed by atoms with Crippen LogP contribution in [0.3, 0.4) is 0 Å². The molecule has 2 aromatic heterocycles. The number of aromatic nitrogens is 2. The van der Waals surface area contributed by atoms with Gasteiger partial charge in [-0.15, -0.1) is 11.3 Å². The van der Waals surface area contributed by atoms with E-state index in [0.717, 1.165) is 39.0 Å². The summed E-state index contributed by atoms with van der Waals surface area (Å²) in [5, 5.41) is 5.38. The maximum Gasteiger partial charge on any atom is 0.247 e. The maximum absolute atomic E-state index is 13.2. The van der Waals surface area contributed by atoms with Crippen LogP contribution in [0.2, 0.25) is 0 Å². The van der Waals surface area contributed by atoms with E-state index in [-0.39, 0.29) is 5.91 Å². The third-order valence-electron chi connectivity index (χ3n) is 5.55. The molecule has 2 fully saturated rings. The first-order valence-electron chi connectivity index (χ1n) is 9.19. The van der Waals surface area contributed by atoms with E-state index in [1.54, 1.807) is 12.5 Å². The average molecular weight is 359 g/mol. The van der Waals surface area contributed by atoms with Crippen molar-refractivity contribution < 1.29 is 4.79 Å². The average Bonchev–Trinajstić information content (AvgIpc) is 3.10. The van der Waals surface area contributed by atoms with Crippen molar-refractivity contribution in [1.82, 2.24) is 19.8 Å². The number of hydrogen-bond donors (Lipinski definition) is 1. The predicted molar refractivity (Wildman–Crippen MR) is 99.5 cm³/mol. The number of imidazole rings is 1. The van der Waals surface area contributed by atoms with Gasteiger partial charge in [-0.05, 0) is 62.1 Å². The first-order chi connectivity index (χ1) is 12.2. The molecular weight excluding hydrogens is 332 g/mol. The van der Waals surface area contributed by atoms with E-state index in [9.17, 15) is 4.79 Å². The van der Waals surface area contributed by atoms with E-state index < -0.39 is 5.54 Å². The molecule has 1 amide bonds. The molecule has 1 aliphatic heterocycles. The molecule has 1 unspecified atom stereocenters. The molecule has 0 radical (unpaired) electrons. The van der Waals surface area contributed by atoms with Gasteiger partial charge in [-0.2, -0.15) is 0 Å². The smallest absolute Gasteiger partial charge is 0.247 e. The van der Waals surface area contributed by atoms with Gasteiger partial charge in [-0.3, -0.25) is 9.69 Å². The second-order valence-electron chi connectivity index (χ2n) is 7.50. The van der Waals surface area contributed by atoms with Crippen molar-refractivity contribution in [2.75, 3.05) is 19.6 Å². The minimum absolute atomic E-state index is 0.157. The third-order valence-corrected chi connectivity index (χ3v) is 6.56. The van der Waals surface area contributed by atoms with Gasteiger partial charge in [0.05, 0.1) is 6.33 Å². The number of nitrogens with zero attached hydrogens (tertiary/aromatic N) is 3. The minimum atomic E-state index is -0.533. The van der Waals surface area contributed by atoms with Crippen molar-refractivity contribution in [2.45, 2.75) is 44.7 Å². The second kappa shape index (κ2) is 6.92. The van der Waals surface area contributed by atoms with Crippen molar-refractivity contribution >= 4 is 17.2 Å². The molecule has 0 bridgehead atoms. The molecule has 4 rings (SSSR count). The standard InChI is InChI=1S/C19H26N4OS/c1-15-5-10-25-17(15)12-22-8-2-6-19(13-22,23-9-7-20-14-23)18(24)21-11-16-3-4-16/h5,7,9-10,14,16H,2-4,6,8,11-13H2,1H3,(H,21,24). The first kappa shape index (κ1) is 16.8. The topological polar surface area (TPSA) is 50.2 Å². The zero-order chi connectivity index (χ0) is 17.3. The lowest BCUT2D eigenvalue weighted by molar-refractivity contribution is -0.133. The van der Waals surface area contributed by atoms with Gasteiger partial charge in [0.1, 0.15) is 5.54 Å². The molecule has 1 saturated heterocycles. The van der Waals surface area contributed by atoms with Crippen LogP contribution in [0.5, 0.6) is 0 Å². The van der Waals surface area contributed by atoms with Crippen LogP contribution in [0.1, 0.15) is 36.1 Å². The lowest BCUT2D eigenvalue weighted by Crippen LogP contribution is -2.58. The van der Waals surface area contributed by atoms with Crippen LogP contribution in [-0.4, -0.2) is 40.0 Å². The lowest BCUT2D eigenvalue weighted by atomic mass is 9.87. The van der Waals surface area contributed by atoms with E-state index in [1.165, 1.54) is 23.3 Å². The summed E-state index contributed by atoms with van der Waals surface area (Å²) >= 11 is 1.81. The van der Waals surface area contributed by atoms with Gasteiger partial charge >= 0.3 is 0 Å². The number of aryl methyl sites for hydroxylation is 1. The second-order valence-corrected chi connectivity index (χ2v) is 8.50. The quantitative estimate of drug-likeness (QED) is 0.864. The molecule has 2 aromatic rings. The fraction of sp³-hybridized carbons (Fsp3) is 0.579. The number of hydrogen-bond acceptors (Lipinski definition) is 4. The molecule has 0 spiro atoms. The minimum Gasteiger partial charge on any atom is -0.354 e. The predicted octanol–water partition coefficient (Wildman–Crippen LogP) is 2.77. The summed E-state index contributed by atoms with van der Waals surface area (Å²) in [6.07, 6.45) is 9.93. The van der Waals surface area contributed by atoms with Gasteiger partial charge < -0.3 is 9.88 Å². The number of piperidine rings is 1. The van der Waals surface area contributed by atoms with Gasteiger partial charge in [0.15, 0.2) is 0 Å². The molecule has 6 heteroatoms. The third kappa shape index (κ3) is 3.51. The summed E-state index contributed by atoms with van der Waals surface area (Å²) in [7, 11) is 0. The normalized spacial score (nSPS) is 24.4. The molecule has 0 aromatic carbocycles. The molecule has 5 nitrogen and oxygen atoms in total. The fourth-order valence-electron chi connectivity index (χ4n) is 3.78. The van der Waals surface area contributed by atoms with Crippen LogP contribution < -0.4 is 5.32 Å². The largest absolute Gasteiger partial charge is 0.354 e. The van der Waals surface area contributed by atoms with E-state index >= 15 is 0 Å². The SMILES string of the molecule is Cc1ccsc1CN1CCCC(C(=O)NCC2CC2)(n2ccnc2)C1. The van der Waals surface area contributed by atoms with Crippen molar-refractivity contribution in [2.24, 2.45) is 5.92 Å². The van der Waals surface area contributed by atoms with Gasteiger partial charge in [0.2, 0.25) is 5.91 Å². The molecular formula is C19H26N4OS. The highest BCUT2D eigenvalue weighted by atomic mass is 32.1.